The van der Waals surface area contributed by atoms with Crippen molar-refractivity contribution in [2.45, 2.75) is 6.92 Å². The highest BCUT2D eigenvalue weighted by Crippen LogP contribution is 2.13. The van der Waals surface area contributed by atoms with Gasteiger partial charge in [-0.25, -0.2) is 9.50 Å². The van der Waals surface area contributed by atoms with Gasteiger partial charge in [-0.05, 0) is 25.1 Å². The van der Waals surface area contributed by atoms with E-state index in [1.54, 1.807) is 4.52 Å². The van der Waals surface area contributed by atoms with Crippen molar-refractivity contribution in [1.29, 1.82) is 0 Å². The van der Waals surface area contributed by atoms with Gasteiger partial charge in [0.15, 0.2) is 5.82 Å². The standard InChI is InChI=1S/C9H10N4/c1-2-3-7-4-5-8-9(10)11-6-12-13(7)8/h2-6H,1H3,(H2,10,11,12)/b3-2+. The minimum absolute atomic E-state index is 0.505. The van der Waals surface area contributed by atoms with Crippen LogP contribution in [-0.4, -0.2) is 14.6 Å². The highest BCUT2D eigenvalue weighted by Gasteiger charge is 2.02. The van der Waals surface area contributed by atoms with Crippen molar-refractivity contribution in [3.05, 3.63) is 30.2 Å². The number of rotatable bonds is 1. The topological polar surface area (TPSA) is 56.2 Å². The van der Waals surface area contributed by atoms with E-state index in [-0.39, 0.29) is 0 Å². The largest absolute Gasteiger partial charge is 0.382 e. The Morgan fingerprint density at radius 1 is 1.46 bits per heavy atom. The lowest BCUT2D eigenvalue weighted by Crippen LogP contribution is -1.99. The van der Waals surface area contributed by atoms with Crippen LogP contribution in [0.3, 0.4) is 0 Å². The highest BCUT2D eigenvalue weighted by atomic mass is 15.2. The van der Waals surface area contributed by atoms with Crippen LogP contribution in [-0.2, 0) is 0 Å². The molecule has 66 valence electrons. The van der Waals surface area contributed by atoms with Crippen molar-refractivity contribution in [2.75, 3.05) is 5.73 Å². The Labute approximate surface area is 75.7 Å². The molecule has 0 fully saturated rings. The van der Waals surface area contributed by atoms with Crippen LogP contribution < -0.4 is 5.73 Å². The zero-order chi connectivity index (χ0) is 9.26. The van der Waals surface area contributed by atoms with Gasteiger partial charge < -0.3 is 5.73 Å². The fraction of sp³-hybridized carbons (Fsp3) is 0.111. The van der Waals surface area contributed by atoms with E-state index in [0.29, 0.717) is 5.82 Å². The molecule has 0 spiro atoms. The molecule has 4 heteroatoms. The molecule has 0 bridgehead atoms. The number of aromatic nitrogens is 3. The number of nitrogen functional groups attached to an aromatic ring is 1. The Balaban J connectivity index is 2.75. The molecule has 2 heterocycles. The molecule has 4 nitrogen and oxygen atoms in total. The molecule has 0 aliphatic carbocycles. The summed E-state index contributed by atoms with van der Waals surface area (Å²) >= 11 is 0. The second kappa shape index (κ2) is 2.90. The van der Waals surface area contributed by atoms with Crippen molar-refractivity contribution in [2.24, 2.45) is 0 Å². The zero-order valence-electron chi connectivity index (χ0n) is 7.31. The molecule has 13 heavy (non-hydrogen) atoms. The van der Waals surface area contributed by atoms with Crippen LogP contribution in [0.2, 0.25) is 0 Å². The molecule has 0 aliphatic rings. The number of hydrogen-bond donors (Lipinski definition) is 1. The third kappa shape index (κ3) is 1.16. The monoisotopic (exact) mass is 174 g/mol. The Hall–Kier alpha value is -1.84. The molecule has 0 radical (unpaired) electrons. The van der Waals surface area contributed by atoms with Gasteiger partial charge in [0.2, 0.25) is 0 Å². The van der Waals surface area contributed by atoms with Crippen molar-refractivity contribution >= 4 is 17.4 Å². The Morgan fingerprint density at radius 2 is 2.31 bits per heavy atom. The summed E-state index contributed by atoms with van der Waals surface area (Å²) in [5, 5.41) is 4.09. The number of hydrogen-bond acceptors (Lipinski definition) is 3. The molecule has 2 aromatic rings. The molecule has 0 saturated heterocycles. The smallest absolute Gasteiger partial charge is 0.151 e. The summed E-state index contributed by atoms with van der Waals surface area (Å²) in [5.74, 6) is 0.505. The van der Waals surface area contributed by atoms with Crippen LogP contribution in [0, 0.1) is 0 Å². The predicted octanol–water partition coefficient (Wildman–Crippen LogP) is 1.34. The van der Waals surface area contributed by atoms with Crippen molar-refractivity contribution < 1.29 is 0 Å². The fourth-order valence-electron chi connectivity index (χ4n) is 1.27. The average molecular weight is 174 g/mol. The molecule has 0 atom stereocenters. The molecular weight excluding hydrogens is 164 g/mol. The molecule has 0 amide bonds. The summed E-state index contributed by atoms with van der Waals surface area (Å²) in [4.78, 5) is 3.90. The van der Waals surface area contributed by atoms with E-state index in [1.807, 2.05) is 31.2 Å². The highest BCUT2D eigenvalue weighted by molar-refractivity contribution is 5.68. The number of anilines is 1. The maximum absolute atomic E-state index is 5.67. The van der Waals surface area contributed by atoms with Crippen LogP contribution in [0.4, 0.5) is 5.82 Å². The maximum Gasteiger partial charge on any atom is 0.151 e. The van der Waals surface area contributed by atoms with E-state index in [0.717, 1.165) is 11.2 Å². The number of nitrogens with zero attached hydrogens (tertiary/aromatic N) is 3. The summed E-state index contributed by atoms with van der Waals surface area (Å²) in [5.41, 5.74) is 7.52. The van der Waals surface area contributed by atoms with E-state index in [4.69, 9.17) is 5.73 Å². The first-order valence-electron chi connectivity index (χ1n) is 4.04. The molecule has 2 N–H and O–H groups in total. The van der Waals surface area contributed by atoms with E-state index in [2.05, 4.69) is 10.1 Å². The SMILES string of the molecule is C/C=C/c1ccc2c(N)ncnn12. The van der Waals surface area contributed by atoms with Crippen molar-refractivity contribution in [3.8, 4) is 0 Å². The van der Waals surface area contributed by atoms with Gasteiger partial charge in [0.1, 0.15) is 11.8 Å². The van der Waals surface area contributed by atoms with Gasteiger partial charge in [0.05, 0.1) is 5.69 Å². The van der Waals surface area contributed by atoms with Crippen LogP contribution >= 0.6 is 0 Å². The summed E-state index contributed by atoms with van der Waals surface area (Å²) in [6.45, 7) is 1.96. The first-order valence-corrected chi connectivity index (χ1v) is 4.04. The van der Waals surface area contributed by atoms with Crippen LogP contribution in [0.5, 0.6) is 0 Å². The van der Waals surface area contributed by atoms with Crippen LogP contribution in [0.1, 0.15) is 12.6 Å². The maximum atomic E-state index is 5.67. The second-order valence-corrected chi connectivity index (χ2v) is 2.70. The molecule has 0 unspecified atom stereocenters. The number of fused-ring (bicyclic) bond motifs is 1. The number of nitrogens with two attached hydrogens (primary N) is 1. The van der Waals surface area contributed by atoms with Crippen LogP contribution in [0.25, 0.3) is 11.6 Å². The zero-order valence-corrected chi connectivity index (χ0v) is 7.31. The molecular formula is C9H10N4. The van der Waals surface area contributed by atoms with E-state index in [9.17, 15) is 0 Å². The molecule has 0 aromatic carbocycles. The molecule has 0 aliphatic heterocycles. The summed E-state index contributed by atoms with van der Waals surface area (Å²) < 4.78 is 1.77. The van der Waals surface area contributed by atoms with Gasteiger partial charge in [-0.3, -0.25) is 0 Å². The Bertz CT molecular complexity index is 456. The second-order valence-electron chi connectivity index (χ2n) is 2.70. The quantitative estimate of drug-likeness (QED) is 0.709. The Kier molecular flexibility index (Phi) is 1.73. The summed E-state index contributed by atoms with van der Waals surface area (Å²) in [7, 11) is 0. The van der Waals surface area contributed by atoms with Gasteiger partial charge in [0.25, 0.3) is 0 Å². The average Bonchev–Trinajstić information content (AvgIpc) is 2.51. The van der Waals surface area contributed by atoms with E-state index in [1.165, 1.54) is 6.33 Å². The Morgan fingerprint density at radius 3 is 3.08 bits per heavy atom. The summed E-state index contributed by atoms with van der Waals surface area (Å²) in [6.07, 6.45) is 5.38. The summed E-state index contributed by atoms with van der Waals surface area (Å²) in [6, 6.07) is 3.87. The van der Waals surface area contributed by atoms with Gasteiger partial charge in [0, 0.05) is 0 Å². The first-order chi connectivity index (χ1) is 6.33. The van der Waals surface area contributed by atoms with Gasteiger partial charge >= 0.3 is 0 Å². The fourth-order valence-corrected chi connectivity index (χ4v) is 1.27. The lowest BCUT2D eigenvalue weighted by Gasteiger charge is -1.97. The van der Waals surface area contributed by atoms with E-state index < -0.39 is 0 Å². The van der Waals surface area contributed by atoms with Gasteiger partial charge in [-0.1, -0.05) is 6.08 Å². The molecule has 0 saturated carbocycles. The third-order valence-corrected chi connectivity index (χ3v) is 1.85. The van der Waals surface area contributed by atoms with Crippen molar-refractivity contribution in [3.63, 3.8) is 0 Å². The lowest BCUT2D eigenvalue weighted by molar-refractivity contribution is 0.898. The first kappa shape index (κ1) is 7.79. The van der Waals surface area contributed by atoms with Crippen molar-refractivity contribution in [1.82, 2.24) is 14.6 Å². The van der Waals surface area contributed by atoms with E-state index >= 15 is 0 Å². The van der Waals surface area contributed by atoms with Gasteiger partial charge in [-0.2, -0.15) is 5.10 Å². The third-order valence-electron chi connectivity index (χ3n) is 1.85. The minimum atomic E-state index is 0.505. The van der Waals surface area contributed by atoms with Gasteiger partial charge in [-0.15, -0.1) is 0 Å². The molecule has 2 rings (SSSR count). The molecule has 2 aromatic heterocycles. The number of allylic oxidation sites excluding steroid dienone is 1. The lowest BCUT2D eigenvalue weighted by atomic mass is 10.4. The predicted molar refractivity (Wildman–Crippen MR) is 52.1 cm³/mol. The minimum Gasteiger partial charge on any atom is -0.382 e. The van der Waals surface area contributed by atoms with Crippen LogP contribution in [0.15, 0.2) is 24.5 Å². The normalized spacial score (nSPS) is 11.5.